The first-order valence-corrected chi connectivity index (χ1v) is 11.4. The predicted octanol–water partition coefficient (Wildman–Crippen LogP) is 5.95. The highest BCUT2D eigenvalue weighted by Crippen LogP contribution is 2.73. The van der Waals surface area contributed by atoms with Gasteiger partial charge in [0, 0.05) is 10.0 Å². The molecule has 0 N–H and O–H groups in total. The van der Waals surface area contributed by atoms with Crippen LogP contribution < -0.4 is 9.64 Å². The van der Waals surface area contributed by atoms with Gasteiger partial charge in [-0.25, -0.2) is 4.90 Å². The summed E-state index contributed by atoms with van der Waals surface area (Å²) >= 11 is 12.2. The van der Waals surface area contributed by atoms with E-state index < -0.39 is 40.8 Å². The molecule has 1 heterocycles. The highest BCUT2D eigenvalue weighted by Gasteiger charge is 2.99. The number of alkyl halides is 3. The van der Waals surface area contributed by atoms with Crippen molar-refractivity contribution in [1.82, 2.24) is 0 Å². The van der Waals surface area contributed by atoms with Crippen molar-refractivity contribution in [3.63, 3.8) is 0 Å². The third-order valence-electron chi connectivity index (χ3n) is 6.69. The summed E-state index contributed by atoms with van der Waals surface area (Å²) in [4.78, 5) is 32.5. The SMILES string of the molecule is C#[N+][C@@]12C(=O)N(c3cc(Cl)cc(Cl)c3)C(=O)[C@@H]1[C@]2(c1ccc(C#N)cc1)c1ccc(OC(F)(F)F)cc1. The number of carbonyl (C=O) groups excluding carboxylic acids is 2. The van der Waals surface area contributed by atoms with E-state index >= 15 is 0 Å². The fraction of sp³-hybridized carbons (Fsp3) is 0.154. The van der Waals surface area contributed by atoms with Gasteiger partial charge in [-0.3, -0.25) is 9.59 Å². The number of benzene rings is 3. The number of piperidine rings is 1. The van der Waals surface area contributed by atoms with E-state index in [0.29, 0.717) is 16.7 Å². The van der Waals surface area contributed by atoms with Gasteiger partial charge in [0.05, 0.1) is 17.3 Å². The third-order valence-corrected chi connectivity index (χ3v) is 7.12. The molecule has 1 saturated heterocycles. The predicted molar refractivity (Wildman–Crippen MR) is 129 cm³/mol. The molecule has 184 valence electrons. The summed E-state index contributed by atoms with van der Waals surface area (Å²) in [5.41, 5.74) is -2.05. The molecule has 3 aromatic carbocycles. The average Bonchev–Trinajstić information content (AvgIpc) is 3.41. The molecule has 3 atom stereocenters. The summed E-state index contributed by atoms with van der Waals surface area (Å²) in [6, 6.07) is 17.1. The first kappa shape index (κ1) is 24.6. The molecule has 2 aliphatic rings. The quantitative estimate of drug-likeness (QED) is 0.381. The van der Waals surface area contributed by atoms with Crippen LogP contribution in [0.15, 0.2) is 66.7 Å². The smallest absolute Gasteiger partial charge is 0.406 e. The fourth-order valence-corrected chi connectivity index (χ4v) is 5.84. The number of amides is 2. The molecule has 2 fully saturated rings. The van der Waals surface area contributed by atoms with Crippen molar-refractivity contribution in [3.05, 3.63) is 98.3 Å². The van der Waals surface area contributed by atoms with E-state index in [2.05, 4.69) is 9.58 Å². The normalized spacial score (nSPS) is 24.3. The maximum atomic E-state index is 13.9. The third kappa shape index (κ3) is 3.46. The van der Waals surface area contributed by atoms with Crippen LogP contribution in [0.2, 0.25) is 10.0 Å². The number of hydrogen-bond acceptors (Lipinski definition) is 4. The van der Waals surface area contributed by atoms with Crippen LogP contribution in [-0.2, 0) is 15.0 Å². The Morgan fingerprint density at radius 2 is 1.51 bits per heavy atom. The lowest BCUT2D eigenvalue weighted by atomic mass is 9.81. The summed E-state index contributed by atoms with van der Waals surface area (Å²) in [6.45, 7) is 5.83. The van der Waals surface area contributed by atoms with Gasteiger partial charge in [0.15, 0.2) is 5.92 Å². The fourth-order valence-electron chi connectivity index (χ4n) is 5.33. The average molecular weight is 543 g/mol. The molecule has 0 radical (unpaired) electrons. The lowest BCUT2D eigenvalue weighted by Gasteiger charge is -2.25. The number of nitriles is 1. The molecule has 5 rings (SSSR count). The Balaban J connectivity index is 1.67. The Morgan fingerprint density at radius 1 is 0.973 bits per heavy atom. The van der Waals surface area contributed by atoms with Crippen molar-refractivity contribution in [2.75, 3.05) is 4.90 Å². The molecular formula is C26H13Cl2F3N3O3+. The van der Waals surface area contributed by atoms with Gasteiger partial charge in [-0.05, 0) is 53.6 Å². The van der Waals surface area contributed by atoms with Gasteiger partial charge < -0.3 is 4.74 Å². The first-order chi connectivity index (χ1) is 17.5. The molecule has 1 aliphatic heterocycles. The van der Waals surface area contributed by atoms with E-state index in [1.165, 1.54) is 42.5 Å². The van der Waals surface area contributed by atoms with Crippen LogP contribution in [0.5, 0.6) is 5.75 Å². The van der Waals surface area contributed by atoms with Gasteiger partial charge in [0.2, 0.25) is 5.91 Å². The van der Waals surface area contributed by atoms with Crippen molar-refractivity contribution < 1.29 is 27.5 Å². The van der Waals surface area contributed by atoms with Crippen LogP contribution in [-0.4, -0.2) is 23.7 Å². The van der Waals surface area contributed by atoms with Crippen molar-refractivity contribution >= 4 is 40.7 Å². The van der Waals surface area contributed by atoms with E-state index in [0.717, 1.165) is 17.0 Å². The maximum Gasteiger partial charge on any atom is 0.573 e. The number of carbonyl (C=O) groups is 2. The summed E-state index contributed by atoms with van der Waals surface area (Å²) in [5.74, 6) is -3.00. The number of nitrogens with zero attached hydrogens (tertiary/aromatic N) is 3. The second-order valence-corrected chi connectivity index (χ2v) is 9.38. The Morgan fingerprint density at radius 3 is 1.97 bits per heavy atom. The van der Waals surface area contributed by atoms with Crippen molar-refractivity contribution in [2.45, 2.75) is 17.3 Å². The second kappa shape index (κ2) is 8.24. The van der Waals surface area contributed by atoms with Gasteiger partial charge in [0.1, 0.15) is 11.2 Å². The topological polar surface area (TPSA) is 74.8 Å². The van der Waals surface area contributed by atoms with Crippen LogP contribution in [0.25, 0.3) is 4.85 Å². The van der Waals surface area contributed by atoms with Crippen molar-refractivity contribution in [1.29, 1.82) is 5.26 Å². The summed E-state index contributed by atoms with van der Waals surface area (Å²) < 4.78 is 42.1. The van der Waals surface area contributed by atoms with Gasteiger partial charge in [0.25, 0.3) is 6.57 Å². The number of imide groups is 1. The van der Waals surface area contributed by atoms with Crippen molar-refractivity contribution in [3.8, 4) is 18.4 Å². The van der Waals surface area contributed by atoms with Gasteiger partial charge in [-0.15, -0.1) is 13.2 Å². The number of fused-ring (bicyclic) bond motifs is 1. The summed E-state index contributed by atoms with van der Waals surface area (Å²) in [5, 5.41) is 9.60. The van der Waals surface area contributed by atoms with Crippen LogP contribution in [0.3, 0.4) is 0 Å². The Bertz CT molecular complexity index is 1520. The molecule has 6 nitrogen and oxygen atoms in total. The zero-order valence-corrected chi connectivity index (χ0v) is 20.0. The minimum Gasteiger partial charge on any atom is -0.406 e. The summed E-state index contributed by atoms with van der Waals surface area (Å²) in [7, 11) is 0. The molecule has 37 heavy (non-hydrogen) atoms. The lowest BCUT2D eigenvalue weighted by Crippen LogP contribution is -2.44. The van der Waals surface area contributed by atoms with Crippen LogP contribution in [0, 0.1) is 23.8 Å². The molecule has 2 amide bonds. The van der Waals surface area contributed by atoms with Crippen LogP contribution in [0.4, 0.5) is 18.9 Å². The standard InChI is InChI=1S/C26H13Cl2F3N3O3/c1-33-25-21(22(35)34(23(25)36)19-11-17(27)10-18(28)12-19)24(25,15-4-2-14(13-32)3-5-15)16-6-8-20(9-7-16)37-26(29,30)31/h1-12,21H/q+1/t21-,24+,25-/m1/s1. The van der Waals surface area contributed by atoms with E-state index in [1.54, 1.807) is 12.1 Å². The summed E-state index contributed by atoms with van der Waals surface area (Å²) in [6.07, 6.45) is -4.90. The zero-order valence-electron chi connectivity index (χ0n) is 18.5. The number of hydrogen-bond donors (Lipinski definition) is 0. The van der Waals surface area contributed by atoms with E-state index in [1.807, 2.05) is 6.07 Å². The van der Waals surface area contributed by atoms with Crippen LogP contribution >= 0.6 is 23.2 Å². The number of ether oxygens (including phenoxy) is 1. The van der Waals surface area contributed by atoms with Gasteiger partial charge in [-0.1, -0.05) is 52.3 Å². The molecule has 11 heteroatoms. The number of anilines is 1. The van der Waals surface area contributed by atoms with Crippen molar-refractivity contribution in [2.24, 2.45) is 5.92 Å². The number of rotatable bonds is 4. The Labute approximate surface area is 218 Å². The van der Waals surface area contributed by atoms with Crippen LogP contribution in [0.1, 0.15) is 16.7 Å². The Kier molecular flexibility index (Phi) is 5.49. The largest absolute Gasteiger partial charge is 0.573 e. The maximum absolute atomic E-state index is 13.9. The first-order valence-electron chi connectivity index (χ1n) is 10.6. The molecule has 0 bridgehead atoms. The molecule has 0 spiro atoms. The molecule has 0 aromatic heterocycles. The second-order valence-electron chi connectivity index (χ2n) is 8.50. The monoisotopic (exact) mass is 542 g/mol. The molecule has 0 unspecified atom stereocenters. The minimum atomic E-state index is -4.90. The lowest BCUT2D eigenvalue weighted by molar-refractivity contribution is -0.274. The molecule has 1 saturated carbocycles. The van der Waals surface area contributed by atoms with Gasteiger partial charge in [-0.2, -0.15) is 5.26 Å². The zero-order chi connectivity index (χ0) is 26.8. The van der Waals surface area contributed by atoms with E-state index in [4.69, 9.17) is 29.8 Å². The van der Waals surface area contributed by atoms with Gasteiger partial charge >= 0.3 is 17.8 Å². The van der Waals surface area contributed by atoms with E-state index in [9.17, 15) is 28.0 Å². The Hall–Kier alpha value is -4.05. The highest BCUT2D eigenvalue weighted by molar-refractivity contribution is 6.37. The van der Waals surface area contributed by atoms with E-state index in [-0.39, 0.29) is 15.7 Å². The number of halogens is 5. The minimum absolute atomic E-state index is 0.130. The molecule has 3 aromatic rings. The highest BCUT2D eigenvalue weighted by atomic mass is 35.5. The molecule has 1 aliphatic carbocycles. The molecular weight excluding hydrogens is 530 g/mol.